The van der Waals surface area contributed by atoms with Crippen LogP contribution in [0.15, 0.2) is 36.7 Å². The van der Waals surface area contributed by atoms with E-state index < -0.39 is 0 Å². The molecular formula is C20H28N6O. The van der Waals surface area contributed by atoms with Crippen LogP contribution in [-0.4, -0.2) is 55.8 Å². The Morgan fingerprint density at radius 3 is 2.63 bits per heavy atom. The van der Waals surface area contributed by atoms with Gasteiger partial charge in [0.1, 0.15) is 6.33 Å². The summed E-state index contributed by atoms with van der Waals surface area (Å²) in [5.74, 6) is 0.490. The van der Waals surface area contributed by atoms with Gasteiger partial charge < -0.3 is 4.90 Å². The number of anilines is 1. The van der Waals surface area contributed by atoms with Crippen molar-refractivity contribution in [3.63, 3.8) is 0 Å². The van der Waals surface area contributed by atoms with Crippen molar-refractivity contribution in [1.29, 1.82) is 0 Å². The third kappa shape index (κ3) is 3.83. The highest BCUT2D eigenvalue weighted by Gasteiger charge is 2.43. The molecule has 2 amide bonds. The molecule has 1 aliphatic carbocycles. The van der Waals surface area contributed by atoms with Crippen molar-refractivity contribution in [3.05, 3.63) is 42.2 Å². The number of hydrogen-bond acceptors (Lipinski definition) is 4. The fourth-order valence-corrected chi connectivity index (χ4v) is 4.51. The van der Waals surface area contributed by atoms with Gasteiger partial charge in [-0.3, -0.25) is 10.2 Å². The molecule has 0 unspecified atom stereocenters. The molecule has 27 heavy (non-hydrogen) atoms. The van der Waals surface area contributed by atoms with Crippen LogP contribution in [0.5, 0.6) is 0 Å². The lowest BCUT2D eigenvalue weighted by Crippen LogP contribution is -2.64. The van der Waals surface area contributed by atoms with Crippen molar-refractivity contribution in [2.24, 2.45) is 7.05 Å². The highest BCUT2D eigenvalue weighted by Crippen LogP contribution is 2.37. The van der Waals surface area contributed by atoms with Crippen LogP contribution in [-0.2, 0) is 13.6 Å². The molecule has 7 heteroatoms. The molecule has 2 heterocycles. The van der Waals surface area contributed by atoms with Crippen molar-refractivity contribution < 1.29 is 4.79 Å². The Morgan fingerprint density at radius 2 is 1.93 bits per heavy atom. The fourth-order valence-electron chi connectivity index (χ4n) is 4.51. The van der Waals surface area contributed by atoms with Gasteiger partial charge in [0.05, 0.1) is 0 Å². The summed E-state index contributed by atoms with van der Waals surface area (Å²) in [6.45, 7) is 3.38. The van der Waals surface area contributed by atoms with E-state index in [1.807, 2.05) is 4.90 Å². The molecule has 7 nitrogen and oxygen atoms in total. The average molecular weight is 368 g/mol. The Hall–Kier alpha value is -2.41. The molecule has 2 aromatic rings. The van der Waals surface area contributed by atoms with E-state index >= 15 is 0 Å². The highest BCUT2D eigenvalue weighted by atomic mass is 16.2. The topological polar surface area (TPSA) is 66.3 Å². The molecule has 0 atom stereocenters. The number of carbonyl (C=O) groups excluding carboxylic acids is 1. The van der Waals surface area contributed by atoms with E-state index in [-0.39, 0.29) is 11.6 Å². The molecule has 1 spiro atoms. The molecule has 1 aromatic heterocycles. The normalized spacial score (nSPS) is 20.0. The summed E-state index contributed by atoms with van der Waals surface area (Å²) in [5.41, 5.74) is 1.43. The number of hydrogen-bond donors (Lipinski definition) is 1. The zero-order valence-corrected chi connectivity index (χ0v) is 16.0. The standard InChI is InChI=1S/C20H28N6O/c1-24-18(21-16-22-24)23-19(27)25-12-13-26(14-17-8-4-2-5-9-17)20(15-25)10-6-3-7-11-20/h2,4-5,8-9,16H,3,6-7,10-15H2,1H3,(H,21,22,23,27). The molecule has 1 aliphatic heterocycles. The number of aromatic nitrogens is 3. The number of benzene rings is 1. The third-order valence-corrected chi connectivity index (χ3v) is 6.01. The van der Waals surface area contributed by atoms with Crippen LogP contribution in [0.25, 0.3) is 0 Å². The number of nitrogens with zero attached hydrogens (tertiary/aromatic N) is 5. The molecule has 144 valence electrons. The quantitative estimate of drug-likeness (QED) is 0.905. The summed E-state index contributed by atoms with van der Waals surface area (Å²) in [6, 6.07) is 10.6. The summed E-state index contributed by atoms with van der Waals surface area (Å²) >= 11 is 0. The lowest BCUT2D eigenvalue weighted by atomic mass is 9.78. The number of rotatable bonds is 3. The monoisotopic (exact) mass is 368 g/mol. The Labute approximate surface area is 160 Å². The minimum absolute atomic E-state index is 0.0737. The van der Waals surface area contributed by atoms with Crippen LogP contribution < -0.4 is 5.32 Å². The van der Waals surface area contributed by atoms with E-state index in [0.717, 1.165) is 39.0 Å². The summed E-state index contributed by atoms with van der Waals surface area (Å²) in [6.07, 6.45) is 7.55. The predicted octanol–water partition coefficient (Wildman–Crippen LogP) is 2.87. The van der Waals surface area contributed by atoms with Gasteiger partial charge in [-0.15, -0.1) is 0 Å². The summed E-state index contributed by atoms with van der Waals surface area (Å²) in [5, 5.41) is 6.93. The summed E-state index contributed by atoms with van der Waals surface area (Å²) in [7, 11) is 1.78. The number of piperazine rings is 1. The van der Waals surface area contributed by atoms with Crippen LogP contribution >= 0.6 is 0 Å². The van der Waals surface area contributed by atoms with Crippen molar-refractivity contribution in [3.8, 4) is 0 Å². The average Bonchev–Trinajstić information content (AvgIpc) is 3.09. The number of amides is 2. The van der Waals surface area contributed by atoms with Crippen LogP contribution in [0, 0.1) is 0 Å². The zero-order chi connectivity index (χ0) is 18.7. The van der Waals surface area contributed by atoms with E-state index in [2.05, 4.69) is 50.6 Å². The van der Waals surface area contributed by atoms with E-state index in [1.54, 1.807) is 11.7 Å². The molecule has 1 saturated heterocycles. The number of nitrogens with one attached hydrogen (secondary N) is 1. The van der Waals surface area contributed by atoms with Crippen molar-refractivity contribution in [2.45, 2.75) is 44.2 Å². The van der Waals surface area contributed by atoms with Gasteiger partial charge in [0.2, 0.25) is 5.95 Å². The Morgan fingerprint density at radius 1 is 1.15 bits per heavy atom. The predicted molar refractivity (Wildman–Crippen MR) is 104 cm³/mol. The maximum absolute atomic E-state index is 12.8. The lowest BCUT2D eigenvalue weighted by molar-refractivity contribution is -0.0168. The first-order valence-electron chi connectivity index (χ1n) is 9.85. The molecule has 2 aliphatic rings. The van der Waals surface area contributed by atoms with Gasteiger partial charge >= 0.3 is 6.03 Å². The highest BCUT2D eigenvalue weighted by molar-refractivity contribution is 5.87. The molecule has 1 aromatic carbocycles. The van der Waals surface area contributed by atoms with Gasteiger partial charge in [-0.2, -0.15) is 10.1 Å². The Kier molecular flexibility index (Phi) is 5.11. The first-order chi connectivity index (χ1) is 13.2. The van der Waals surface area contributed by atoms with Gasteiger partial charge in [-0.1, -0.05) is 49.6 Å². The fraction of sp³-hybridized carbons (Fsp3) is 0.550. The van der Waals surface area contributed by atoms with Crippen LogP contribution in [0.4, 0.5) is 10.7 Å². The second-order valence-corrected chi connectivity index (χ2v) is 7.75. The minimum atomic E-state index is -0.0737. The van der Waals surface area contributed by atoms with Crippen LogP contribution in [0.1, 0.15) is 37.7 Å². The largest absolute Gasteiger partial charge is 0.324 e. The van der Waals surface area contributed by atoms with Gasteiger partial charge in [0.15, 0.2) is 0 Å². The lowest BCUT2D eigenvalue weighted by Gasteiger charge is -2.52. The van der Waals surface area contributed by atoms with Crippen LogP contribution in [0.2, 0.25) is 0 Å². The smallest absolute Gasteiger partial charge is 0.321 e. The maximum Gasteiger partial charge on any atom is 0.324 e. The number of aryl methyl sites for hydroxylation is 1. The molecule has 0 bridgehead atoms. The summed E-state index contributed by atoms with van der Waals surface area (Å²) in [4.78, 5) is 21.5. The van der Waals surface area contributed by atoms with E-state index in [9.17, 15) is 4.79 Å². The third-order valence-electron chi connectivity index (χ3n) is 6.01. The molecular weight excluding hydrogens is 340 g/mol. The maximum atomic E-state index is 12.8. The minimum Gasteiger partial charge on any atom is -0.321 e. The van der Waals surface area contributed by atoms with Gasteiger partial charge in [0.25, 0.3) is 0 Å². The van der Waals surface area contributed by atoms with E-state index in [0.29, 0.717) is 5.95 Å². The Bertz CT molecular complexity index is 768. The Balaban J connectivity index is 1.49. The first-order valence-corrected chi connectivity index (χ1v) is 9.85. The van der Waals surface area contributed by atoms with Crippen molar-refractivity contribution >= 4 is 12.0 Å². The van der Waals surface area contributed by atoms with E-state index in [1.165, 1.54) is 31.2 Å². The second kappa shape index (κ2) is 7.68. The van der Waals surface area contributed by atoms with Crippen LogP contribution in [0.3, 0.4) is 0 Å². The molecule has 2 fully saturated rings. The second-order valence-electron chi connectivity index (χ2n) is 7.75. The van der Waals surface area contributed by atoms with Gasteiger partial charge in [-0.05, 0) is 18.4 Å². The molecule has 1 saturated carbocycles. The van der Waals surface area contributed by atoms with Crippen molar-refractivity contribution in [1.82, 2.24) is 24.6 Å². The SMILES string of the molecule is Cn1ncnc1NC(=O)N1CCN(Cc2ccccc2)C2(CCCCC2)C1. The van der Waals surface area contributed by atoms with Gasteiger partial charge in [-0.25, -0.2) is 9.48 Å². The molecule has 0 radical (unpaired) electrons. The van der Waals surface area contributed by atoms with E-state index in [4.69, 9.17) is 0 Å². The van der Waals surface area contributed by atoms with Gasteiger partial charge in [0, 0.05) is 38.8 Å². The molecule has 1 N–H and O–H groups in total. The summed E-state index contributed by atoms with van der Waals surface area (Å²) < 4.78 is 1.58. The molecule has 4 rings (SSSR count). The zero-order valence-electron chi connectivity index (χ0n) is 16.0. The first kappa shape index (κ1) is 18.0. The number of carbonyl (C=O) groups is 1. The van der Waals surface area contributed by atoms with Crippen molar-refractivity contribution in [2.75, 3.05) is 25.0 Å². The number of urea groups is 1.